The molecule has 0 atom stereocenters. The summed E-state index contributed by atoms with van der Waals surface area (Å²) in [6.45, 7) is 2.79. The molecule has 3 N–H and O–H groups in total. The summed E-state index contributed by atoms with van der Waals surface area (Å²) < 4.78 is 0. The summed E-state index contributed by atoms with van der Waals surface area (Å²) in [7, 11) is 0. The second-order valence-corrected chi connectivity index (χ2v) is 6.33. The lowest BCUT2D eigenvalue weighted by molar-refractivity contribution is 0.428. The lowest BCUT2D eigenvalue weighted by Crippen LogP contribution is -2.38. The van der Waals surface area contributed by atoms with Gasteiger partial charge < -0.3 is 15.6 Å². The van der Waals surface area contributed by atoms with Crippen molar-refractivity contribution in [2.24, 2.45) is 10.7 Å². The molecule has 1 aliphatic rings. The molecule has 0 bridgehead atoms. The Morgan fingerprint density at radius 3 is 2.70 bits per heavy atom. The highest BCUT2D eigenvalue weighted by Crippen LogP contribution is 2.22. The smallest absolute Gasteiger partial charge is 0.191 e. The molecule has 3 rings (SSSR count). The summed E-state index contributed by atoms with van der Waals surface area (Å²) >= 11 is 6.08. The Morgan fingerprint density at radius 1 is 1.22 bits per heavy atom. The molecule has 4 nitrogen and oxygen atoms in total. The molecule has 0 unspecified atom stereocenters. The van der Waals surface area contributed by atoms with Gasteiger partial charge in [0.1, 0.15) is 0 Å². The highest BCUT2D eigenvalue weighted by atomic mass is 127. The maximum Gasteiger partial charge on any atom is 0.191 e. The van der Waals surface area contributed by atoms with Gasteiger partial charge in [0, 0.05) is 41.8 Å². The van der Waals surface area contributed by atoms with Crippen LogP contribution in [0, 0.1) is 0 Å². The van der Waals surface area contributed by atoms with E-state index < -0.39 is 0 Å². The lowest BCUT2D eigenvalue weighted by Gasteiger charge is -2.21. The van der Waals surface area contributed by atoms with Crippen LogP contribution in [0.1, 0.15) is 31.2 Å². The molecule has 1 fully saturated rings. The van der Waals surface area contributed by atoms with Gasteiger partial charge in [-0.05, 0) is 43.0 Å². The number of benzene rings is 1. The fourth-order valence-electron chi connectivity index (χ4n) is 3.05. The van der Waals surface area contributed by atoms with E-state index in [2.05, 4.69) is 14.9 Å². The Morgan fingerprint density at radius 2 is 1.96 bits per heavy atom. The molecule has 2 aromatic rings. The Bertz CT molecular complexity index is 660. The third kappa shape index (κ3) is 4.76. The van der Waals surface area contributed by atoms with Crippen molar-refractivity contribution in [3.05, 3.63) is 35.0 Å². The third-order valence-electron chi connectivity index (χ3n) is 4.31. The molecular formula is C17H24ClIN4. The van der Waals surface area contributed by atoms with Crippen LogP contribution < -0.4 is 5.73 Å². The molecule has 2 heterocycles. The highest BCUT2D eigenvalue weighted by Gasteiger charge is 2.10. The number of nitrogens with one attached hydrogen (secondary N) is 1. The van der Waals surface area contributed by atoms with Gasteiger partial charge in [-0.1, -0.05) is 24.4 Å². The minimum atomic E-state index is 0. The summed E-state index contributed by atoms with van der Waals surface area (Å²) in [6.07, 6.45) is 7.96. The van der Waals surface area contributed by atoms with Crippen LogP contribution in [0.4, 0.5) is 0 Å². The summed E-state index contributed by atoms with van der Waals surface area (Å²) in [4.78, 5) is 10.1. The van der Waals surface area contributed by atoms with Crippen molar-refractivity contribution in [2.45, 2.75) is 32.1 Å². The van der Waals surface area contributed by atoms with Crippen molar-refractivity contribution in [1.29, 1.82) is 0 Å². The maximum atomic E-state index is 6.14. The Balaban J connectivity index is 0.00000192. The van der Waals surface area contributed by atoms with Gasteiger partial charge in [0.15, 0.2) is 5.96 Å². The van der Waals surface area contributed by atoms with Gasteiger partial charge in [-0.3, -0.25) is 4.99 Å². The van der Waals surface area contributed by atoms with Gasteiger partial charge in [0.05, 0.1) is 0 Å². The quantitative estimate of drug-likeness (QED) is 0.422. The SMILES string of the molecule is I.NC(=NCCc1c[nH]c2ccc(Cl)cc12)N1CCCCCC1. The number of nitrogens with zero attached hydrogens (tertiary/aromatic N) is 2. The Kier molecular flexibility index (Phi) is 7.02. The maximum absolute atomic E-state index is 6.14. The summed E-state index contributed by atoms with van der Waals surface area (Å²) in [5.41, 5.74) is 8.50. The number of nitrogens with two attached hydrogens (primary N) is 1. The number of aromatic nitrogens is 1. The van der Waals surface area contributed by atoms with E-state index in [-0.39, 0.29) is 24.0 Å². The van der Waals surface area contributed by atoms with Crippen LogP contribution in [0.15, 0.2) is 29.4 Å². The largest absolute Gasteiger partial charge is 0.370 e. The molecule has 23 heavy (non-hydrogen) atoms. The van der Waals surface area contributed by atoms with E-state index in [4.69, 9.17) is 17.3 Å². The number of halogens is 2. The van der Waals surface area contributed by atoms with Crippen LogP contribution in [0.3, 0.4) is 0 Å². The van der Waals surface area contributed by atoms with Crippen LogP contribution in [-0.2, 0) is 6.42 Å². The van der Waals surface area contributed by atoms with E-state index in [0.29, 0.717) is 12.5 Å². The van der Waals surface area contributed by atoms with Gasteiger partial charge in [-0.15, -0.1) is 24.0 Å². The van der Waals surface area contributed by atoms with Crippen LogP contribution in [0.2, 0.25) is 5.02 Å². The zero-order valence-corrected chi connectivity index (χ0v) is 16.3. The molecule has 0 amide bonds. The van der Waals surface area contributed by atoms with E-state index in [1.807, 2.05) is 24.4 Å². The van der Waals surface area contributed by atoms with E-state index in [1.54, 1.807) is 0 Å². The van der Waals surface area contributed by atoms with Gasteiger partial charge in [0.2, 0.25) is 0 Å². The first-order chi connectivity index (χ1) is 10.7. The number of rotatable bonds is 3. The molecule has 6 heteroatoms. The number of hydrogen-bond donors (Lipinski definition) is 2. The van der Waals surface area contributed by atoms with Crippen molar-refractivity contribution in [3.8, 4) is 0 Å². The van der Waals surface area contributed by atoms with Crippen LogP contribution in [-0.4, -0.2) is 35.5 Å². The molecule has 1 saturated heterocycles. The standard InChI is InChI=1S/C17H23ClN4.HI/c18-14-5-6-16-15(11-14)13(12-21-16)7-8-20-17(19)22-9-3-1-2-4-10-22;/h5-6,11-12,21H,1-4,7-10H2,(H2,19,20);1H. The fourth-order valence-corrected chi connectivity index (χ4v) is 3.22. The molecule has 0 aliphatic carbocycles. The molecule has 1 aliphatic heterocycles. The average Bonchev–Trinajstić information content (AvgIpc) is 2.74. The fraction of sp³-hybridized carbons (Fsp3) is 0.471. The molecular weight excluding hydrogens is 423 g/mol. The molecule has 0 saturated carbocycles. The number of H-pyrrole nitrogens is 1. The van der Waals surface area contributed by atoms with E-state index in [1.165, 1.54) is 36.6 Å². The molecule has 1 aromatic carbocycles. The normalized spacial score (nSPS) is 16.2. The van der Waals surface area contributed by atoms with Gasteiger partial charge >= 0.3 is 0 Å². The molecule has 0 radical (unpaired) electrons. The zero-order valence-electron chi connectivity index (χ0n) is 13.2. The van der Waals surface area contributed by atoms with Crippen LogP contribution in [0.5, 0.6) is 0 Å². The molecule has 126 valence electrons. The predicted molar refractivity (Wildman–Crippen MR) is 109 cm³/mol. The van der Waals surface area contributed by atoms with Crippen LogP contribution in [0.25, 0.3) is 10.9 Å². The molecule has 0 spiro atoms. The summed E-state index contributed by atoms with van der Waals surface area (Å²) in [5, 5.41) is 1.94. The lowest BCUT2D eigenvalue weighted by atomic mass is 10.1. The van der Waals surface area contributed by atoms with Crippen molar-refractivity contribution in [2.75, 3.05) is 19.6 Å². The number of hydrogen-bond acceptors (Lipinski definition) is 1. The van der Waals surface area contributed by atoms with Crippen molar-refractivity contribution in [3.63, 3.8) is 0 Å². The second kappa shape index (κ2) is 8.78. The van der Waals surface area contributed by atoms with E-state index >= 15 is 0 Å². The first-order valence-corrected chi connectivity index (χ1v) is 8.42. The first kappa shape index (κ1) is 18.4. The molecule has 1 aromatic heterocycles. The Hall–Kier alpha value is -0.950. The number of fused-ring (bicyclic) bond motifs is 1. The second-order valence-electron chi connectivity index (χ2n) is 5.90. The van der Waals surface area contributed by atoms with E-state index in [9.17, 15) is 0 Å². The van der Waals surface area contributed by atoms with Gasteiger partial charge in [-0.25, -0.2) is 0 Å². The minimum Gasteiger partial charge on any atom is -0.370 e. The van der Waals surface area contributed by atoms with E-state index in [0.717, 1.165) is 30.0 Å². The monoisotopic (exact) mass is 446 g/mol. The van der Waals surface area contributed by atoms with Gasteiger partial charge in [-0.2, -0.15) is 0 Å². The zero-order chi connectivity index (χ0) is 15.4. The predicted octanol–water partition coefficient (Wildman–Crippen LogP) is 4.17. The van der Waals surface area contributed by atoms with Crippen LogP contribution >= 0.6 is 35.6 Å². The number of likely N-dealkylation sites (tertiary alicyclic amines) is 1. The van der Waals surface area contributed by atoms with Gasteiger partial charge in [0.25, 0.3) is 0 Å². The number of aliphatic imine (C=N–C) groups is 1. The topological polar surface area (TPSA) is 57.4 Å². The summed E-state index contributed by atoms with van der Waals surface area (Å²) in [5.74, 6) is 0.694. The highest BCUT2D eigenvalue weighted by molar-refractivity contribution is 14.0. The third-order valence-corrected chi connectivity index (χ3v) is 4.55. The number of guanidine groups is 1. The van der Waals surface area contributed by atoms with Crippen molar-refractivity contribution < 1.29 is 0 Å². The van der Waals surface area contributed by atoms with Crippen molar-refractivity contribution in [1.82, 2.24) is 9.88 Å². The average molecular weight is 447 g/mol. The summed E-state index contributed by atoms with van der Waals surface area (Å²) in [6, 6.07) is 5.92. The van der Waals surface area contributed by atoms with Crippen molar-refractivity contribution >= 4 is 52.4 Å². The number of aromatic amines is 1. The first-order valence-electron chi connectivity index (χ1n) is 8.04. The minimum absolute atomic E-state index is 0. The Labute approximate surface area is 159 Å².